The summed E-state index contributed by atoms with van der Waals surface area (Å²) in [5, 5.41) is 9.00. The fourth-order valence-electron chi connectivity index (χ4n) is 3.66. The zero-order valence-corrected chi connectivity index (χ0v) is 15.4. The summed E-state index contributed by atoms with van der Waals surface area (Å²) < 4.78 is 40.0. The Hall–Kier alpha value is -2.75. The summed E-state index contributed by atoms with van der Waals surface area (Å²) in [5.41, 5.74) is 1.01. The molecule has 0 aliphatic heterocycles. The summed E-state index contributed by atoms with van der Waals surface area (Å²) in [6, 6.07) is 5.51. The van der Waals surface area contributed by atoms with Gasteiger partial charge in [0.15, 0.2) is 0 Å². The van der Waals surface area contributed by atoms with Gasteiger partial charge in [0.05, 0.1) is 29.2 Å². The number of alkyl halides is 3. The predicted molar refractivity (Wildman–Crippen MR) is 97.9 cm³/mol. The van der Waals surface area contributed by atoms with Gasteiger partial charge in [0.1, 0.15) is 0 Å². The van der Waals surface area contributed by atoms with Crippen LogP contribution in [0.15, 0.2) is 36.8 Å². The number of aromatic amines is 1. The van der Waals surface area contributed by atoms with Gasteiger partial charge in [0.25, 0.3) is 0 Å². The molecule has 1 heterocycles. The molecule has 2 aromatic rings. The Labute approximate surface area is 156 Å². The Bertz CT molecular complexity index is 889. The number of nitriles is 1. The smallest absolute Gasteiger partial charge is 0.371 e. The fourth-order valence-corrected chi connectivity index (χ4v) is 3.66. The lowest BCUT2D eigenvalue weighted by atomic mass is 9.72. The third-order valence-corrected chi connectivity index (χ3v) is 5.32. The molecule has 7 heteroatoms. The van der Waals surface area contributed by atoms with Gasteiger partial charge >= 0.3 is 6.18 Å². The second-order valence-electron chi connectivity index (χ2n) is 7.55. The zero-order valence-electron chi connectivity index (χ0n) is 15.4. The number of rotatable bonds is 3. The maximum atomic E-state index is 13.3. The molecule has 0 fully saturated rings. The van der Waals surface area contributed by atoms with Crippen molar-refractivity contribution in [2.45, 2.75) is 38.9 Å². The third kappa shape index (κ3) is 3.70. The number of halogens is 3. The number of benzene rings is 1. The van der Waals surface area contributed by atoms with Crippen LogP contribution < -0.4 is 4.90 Å². The van der Waals surface area contributed by atoms with Gasteiger partial charge < -0.3 is 9.88 Å². The van der Waals surface area contributed by atoms with E-state index in [2.05, 4.69) is 29.9 Å². The normalized spacial score (nSPS) is 19.3. The number of hydrogen-bond acceptors (Lipinski definition) is 3. The van der Waals surface area contributed by atoms with Crippen LogP contribution in [0.5, 0.6) is 0 Å². The molecule has 0 saturated heterocycles. The lowest BCUT2D eigenvalue weighted by Crippen LogP contribution is -2.45. The minimum Gasteiger partial charge on any atom is -0.371 e. The van der Waals surface area contributed by atoms with Crippen LogP contribution in [-0.4, -0.2) is 23.1 Å². The first kappa shape index (κ1) is 19.0. The molecular formula is C20H21F3N4. The molecule has 1 aliphatic rings. The number of imidazole rings is 1. The van der Waals surface area contributed by atoms with Gasteiger partial charge in [0.2, 0.25) is 0 Å². The molecule has 1 aromatic carbocycles. The van der Waals surface area contributed by atoms with Crippen molar-refractivity contribution >= 4 is 11.3 Å². The number of anilines is 1. The molecule has 0 amide bonds. The molecule has 1 aliphatic carbocycles. The van der Waals surface area contributed by atoms with Gasteiger partial charge in [-0.05, 0) is 42.0 Å². The summed E-state index contributed by atoms with van der Waals surface area (Å²) in [4.78, 5) is 9.12. The van der Waals surface area contributed by atoms with Crippen molar-refractivity contribution < 1.29 is 13.2 Å². The van der Waals surface area contributed by atoms with E-state index in [0.29, 0.717) is 12.1 Å². The monoisotopic (exact) mass is 374 g/mol. The number of allylic oxidation sites excluding steroid dienone is 1. The molecule has 1 aromatic heterocycles. The predicted octanol–water partition coefficient (Wildman–Crippen LogP) is 5.01. The van der Waals surface area contributed by atoms with Crippen LogP contribution >= 0.6 is 0 Å². The molecule has 3 rings (SSSR count). The summed E-state index contributed by atoms with van der Waals surface area (Å²) in [6.07, 6.45) is 2.50. The van der Waals surface area contributed by atoms with Crippen LogP contribution in [0.1, 0.15) is 43.5 Å². The van der Waals surface area contributed by atoms with Gasteiger partial charge in [-0.2, -0.15) is 18.4 Å². The van der Waals surface area contributed by atoms with E-state index in [1.54, 1.807) is 25.5 Å². The lowest BCUT2D eigenvalue weighted by molar-refractivity contribution is -0.137. The molecule has 1 N–H and O–H groups in total. The van der Waals surface area contributed by atoms with E-state index in [1.807, 2.05) is 11.1 Å². The quantitative estimate of drug-likeness (QED) is 0.822. The van der Waals surface area contributed by atoms with Gasteiger partial charge in [0, 0.05) is 25.0 Å². The van der Waals surface area contributed by atoms with E-state index in [-0.39, 0.29) is 17.0 Å². The number of nitrogens with zero attached hydrogens (tertiary/aromatic N) is 3. The van der Waals surface area contributed by atoms with Crippen molar-refractivity contribution in [2.75, 3.05) is 11.9 Å². The first-order valence-corrected chi connectivity index (χ1v) is 8.66. The topological polar surface area (TPSA) is 55.7 Å². The maximum Gasteiger partial charge on any atom is 0.417 e. The van der Waals surface area contributed by atoms with E-state index in [0.717, 1.165) is 23.8 Å². The molecule has 0 spiro atoms. The van der Waals surface area contributed by atoms with Gasteiger partial charge in [-0.3, -0.25) is 0 Å². The molecule has 0 radical (unpaired) electrons. The molecule has 1 atom stereocenters. The molecule has 1 unspecified atom stereocenters. The van der Waals surface area contributed by atoms with E-state index < -0.39 is 11.7 Å². The highest BCUT2D eigenvalue weighted by molar-refractivity contribution is 5.65. The van der Waals surface area contributed by atoms with Gasteiger partial charge in [-0.1, -0.05) is 19.9 Å². The van der Waals surface area contributed by atoms with Gasteiger partial charge in [-0.25, -0.2) is 4.98 Å². The number of aromatic nitrogens is 2. The average molecular weight is 374 g/mol. The lowest BCUT2D eigenvalue weighted by Gasteiger charge is -2.44. The van der Waals surface area contributed by atoms with Crippen LogP contribution in [-0.2, 0) is 6.18 Å². The van der Waals surface area contributed by atoms with Crippen molar-refractivity contribution in [2.24, 2.45) is 5.41 Å². The van der Waals surface area contributed by atoms with E-state index in [4.69, 9.17) is 5.26 Å². The molecule has 0 saturated carbocycles. The summed E-state index contributed by atoms with van der Waals surface area (Å²) in [5.74, 6) is 0. The van der Waals surface area contributed by atoms with Crippen molar-refractivity contribution in [3.8, 4) is 6.07 Å². The highest BCUT2D eigenvalue weighted by Gasteiger charge is 2.38. The third-order valence-electron chi connectivity index (χ3n) is 5.32. The first-order valence-electron chi connectivity index (χ1n) is 8.66. The van der Waals surface area contributed by atoms with Crippen LogP contribution in [0, 0.1) is 16.7 Å². The summed E-state index contributed by atoms with van der Waals surface area (Å²) in [7, 11) is 1.81. The SMILES string of the molecule is CN(c1ccc(C#N)c(C(F)(F)F)c1)C1CC(c2c[nH]cn2)=CCC1(C)C. The van der Waals surface area contributed by atoms with Gasteiger partial charge in [-0.15, -0.1) is 0 Å². The standard InChI is InChI=1S/C20H21F3N4/c1-19(2)7-6-13(17-11-25-12-26-17)8-18(19)27(3)15-5-4-14(10-24)16(9-15)20(21,22)23/h4-6,9,11-12,18H,7-8H2,1-3H3,(H,25,26). The van der Waals surface area contributed by atoms with Crippen LogP contribution in [0.4, 0.5) is 18.9 Å². The van der Waals surface area contributed by atoms with Crippen molar-refractivity contribution in [3.05, 3.63) is 53.6 Å². The Balaban J connectivity index is 1.96. The van der Waals surface area contributed by atoms with E-state index in [1.165, 1.54) is 6.07 Å². The number of hydrogen-bond donors (Lipinski definition) is 1. The van der Waals surface area contributed by atoms with Crippen molar-refractivity contribution in [1.29, 1.82) is 5.26 Å². The second-order valence-corrected chi connectivity index (χ2v) is 7.55. The highest BCUT2D eigenvalue weighted by Crippen LogP contribution is 2.42. The maximum absolute atomic E-state index is 13.3. The summed E-state index contributed by atoms with van der Waals surface area (Å²) in [6.45, 7) is 4.22. The van der Waals surface area contributed by atoms with Crippen LogP contribution in [0.3, 0.4) is 0 Å². The fraction of sp³-hybridized carbons (Fsp3) is 0.400. The molecule has 142 valence electrons. The Kier molecular flexibility index (Phi) is 4.77. The highest BCUT2D eigenvalue weighted by atomic mass is 19.4. The molecule has 27 heavy (non-hydrogen) atoms. The zero-order chi connectivity index (χ0) is 19.8. The number of H-pyrrole nitrogens is 1. The van der Waals surface area contributed by atoms with Crippen molar-refractivity contribution in [1.82, 2.24) is 9.97 Å². The minimum atomic E-state index is -4.57. The largest absolute Gasteiger partial charge is 0.417 e. The Morgan fingerprint density at radius 2 is 2.07 bits per heavy atom. The molecular weight excluding hydrogens is 353 g/mol. The van der Waals surface area contributed by atoms with E-state index >= 15 is 0 Å². The van der Waals surface area contributed by atoms with Crippen LogP contribution in [0.25, 0.3) is 5.57 Å². The van der Waals surface area contributed by atoms with E-state index in [9.17, 15) is 13.2 Å². The summed E-state index contributed by atoms with van der Waals surface area (Å²) >= 11 is 0. The Morgan fingerprint density at radius 3 is 2.67 bits per heavy atom. The second kappa shape index (κ2) is 6.76. The number of nitrogens with one attached hydrogen (secondary N) is 1. The Morgan fingerprint density at radius 1 is 1.33 bits per heavy atom. The average Bonchev–Trinajstić information content (AvgIpc) is 3.14. The molecule has 0 bridgehead atoms. The first-order chi connectivity index (χ1) is 12.6. The minimum absolute atomic E-state index is 0.0109. The molecule has 4 nitrogen and oxygen atoms in total. The van der Waals surface area contributed by atoms with Crippen LogP contribution in [0.2, 0.25) is 0 Å². The van der Waals surface area contributed by atoms with Crippen molar-refractivity contribution in [3.63, 3.8) is 0 Å².